The lowest BCUT2D eigenvalue weighted by atomic mass is 10.2. The van der Waals surface area contributed by atoms with Gasteiger partial charge < -0.3 is 4.74 Å². The molecule has 1 aromatic heterocycles. The number of rotatable bonds is 8. The summed E-state index contributed by atoms with van der Waals surface area (Å²) >= 11 is 0. The number of anilines is 2. The van der Waals surface area contributed by atoms with Crippen molar-refractivity contribution in [3.8, 4) is 0 Å². The number of esters is 1. The third kappa shape index (κ3) is 5.38. The van der Waals surface area contributed by atoms with Crippen LogP contribution in [0.15, 0.2) is 99.2 Å². The molecule has 1 amide bonds. The van der Waals surface area contributed by atoms with Crippen molar-refractivity contribution < 1.29 is 22.7 Å². The molecule has 3 aromatic rings. The van der Waals surface area contributed by atoms with E-state index in [1.165, 1.54) is 36.5 Å². The number of carbonyl (C=O) groups is 2. The first-order valence-corrected chi connectivity index (χ1v) is 12.0. The number of nitrogens with zero attached hydrogens (tertiary/aromatic N) is 5. The number of ether oxygens (including phenoxy) is 1. The quantitative estimate of drug-likeness (QED) is 0.378. The Morgan fingerprint density at radius 2 is 1.77 bits per heavy atom. The van der Waals surface area contributed by atoms with Crippen LogP contribution in [0.4, 0.5) is 17.2 Å². The summed E-state index contributed by atoms with van der Waals surface area (Å²) in [5.41, 5.74) is 0.547. The van der Waals surface area contributed by atoms with E-state index in [-0.39, 0.29) is 28.7 Å². The summed E-state index contributed by atoms with van der Waals surface area (Å²) in [5.74, 6) is -1.16. The fourth-order valence-corrected chi connectivity index (χ4v) is 4.10. The molecule has 0 fully saturated rings. The minimum atomic E-state index is -3.86. The predicted octanol–water partition coefficient (Wildman–Crippen LogP) is 3.30. The minimum Gasteiger partial charge on any atom is -0.461 e. The fourth-order valence-electron chi connectivity index (χ4n) is 3.10. The van der Waals surface area contributed by atoms with Gasteiger partial charge in [-0.05, 0) is 55.5 Å². The van der Waals surface area contributed by atoms with E-state index in [0.29, 0.717) is 5.69 Å². The van der Waals surface area contributed by atoms with Crippen molar-refractivity contribution in [2.45, 2.75) is 17.9 Å². The molecule has 2 aromatic carbocycles. The molecule has 11 nitrogen and oxygen atoms in total. The van der Waals surface area contributed by atoms with E-state index in [2.05, 4.69) is 25.0 Å². The smallest absolute Gasteiger partial charge is 0.357 e. The maximum absolute atomic E-state index is 13.0. The van der Waals surface area contributed by atoms with E-state index in [1.54, 1.807) is 49.4 Å². The first-order valence-electron chi connectivity index (χ1n) is 10.5. The number of hydrazone groups is 1. The summed E-state index contributed by atoms with van der Waals surface area (Å²) in [6.07, 6.45) is 1.47. The Morgan fingerprint density at radius 3 is 2.43 bits per heavy atom. The van der Waals surface area contributed by atoms with Gasteiger partial charge in [0.15, 0.2) is 5.71 Å². The molecule has 1 N–H and O–H groups in total. The fraction of sp³-hybridized carbons (Fsp3) is 0.130. The van der Waals surface area contributed by atoms with Gasteiger partial charge in [-0.1, -0.05) is 24.3 Å². The van der Waals surface area contributed by atoms with Crippen molar-refractivity contribution in [1.29, 1.82) is 0 Å². The molecule has 1 aliphatic heterocycles. The molecule has 12 heteroatoms. The Kier molecular flexibility index (Phi) is 6.92. The van der Waals surface area contributed by atoms with Gasteiger partial charge in [-0.2, -0.15) is 20.3 Å². The van der Waals surface area contributed by atoms with Gasteiger partial charge in [0.05, 0.1) is 22.9 Å². The molecule has 0 unspecified atom stereocenters. The van der Waals surface area contributed by atoms with Gasteiger partial charge in [-0.15, -0.1) is 0 Å². The van der Waals surface area contributed by atoms with Crippen LogP contribution in [0, 0.1) is 0 Å². The topological polar surface area (TPSA) is 143 Å². The van der Waals surface area contributed by atoms with E-state index < -0.39 is 27.9 Å². The highest BCUT2D eigenvalue weighted by molar-refractivity contribution is 7.92. The van der Waals surface area contributed by atoms with Crippen LogP contribution in [-0.2, 0) is 24.3 Å². The number of para-hydroxylation sites is 1. The molecular weight excluding hydrogens is 472 g/mol. The van der Waals surface area contributed by atoms with Crippen LogP contribution in [0.5, 0.6) is 0 Å². The summed E-state index contributed by atoms with van der Waals surface area (Å²) < 4.78 is 32.5. The number of benzene rings is 2. The molecule has 1 atom stereocenters. The Balaban J connectivity index is 1.54. The highest BCUT2D eigenvalue weighted by Crippen LogP contribution is 2.24. The lowest BCUT2D eigenvalue weighted by Crippen LogP contribution is -2.33. The minimum absolute atomic E-state index is 0.0110. The van der Waals surface area contributed by atoms with Crippen molar-refractivity contribution in [3.05, 3.63) is 79.0 Å². The lowest BCUT2D eigenvalue weighted by Gasteiger charge is -2.11. The van der Waals surface area contributed by atoms with Crippen molar-refractivity contribution >= 4 is 44.8 Å². The summed E-state index contributed by atoms with van der Waals surface area (Å²) in [6, 6.07) is 17.7. The highest BCUT2D eigenvalue weighted by Gasteiger charge is 2.41. The van der Waals surface area contributed by atoms with E-state index in [4.69, 9.17) is 4.74 Å². The van der Waals surface area contributed by atoms with Crippen molar-refractivity contribution in [3.63, 3.8) is 0 Å². The predicted molar refractivity (Wildman–Crippen MR) is 128 cm³/mol. The number of carbonyl (C=O) groups excluding carboxylic acids is 2. The molecule has 0 saturated heterocycles. The number of nitrogens with one attached hydrogen (secondary N) is 1. The van der Waals surface area contributed by atoms with Crippen molar-refractivity contribution in [1.82, 2.24) is 4.98 Å². The summed E-state index contributed by atoms with van der Waals surface area (Å²) in [7, 11) is -3.86. The number of hydrogen-bond acceptors (Lipinski definition) is 9. The summed E-state index contributed by atoms with van der Waals surface area (Å²) in [6.45, 7) is 1.74. The van der Waals surface area contributed by atoms with Gasteiger partial charge in [0.25, 0.3) is 15.9 Å². The second kappa shape index (κ2) is 10.2. The molecule has 2 heterocycles. The first-order chi connectivity index (χ1) is 16.9. The van der Waals surface area contributed by atoms with Gasteiger partial charge in [-0.25, -0.2) is 18.2 Å². The standard InChI is InChI=1S/C23H20N6O5S/c1-2-34-23(31)21-20(22(30)29(27-21)17-8-4-3-5-9-17)26-25-16-11-13-18(14-12-16)35(32,33)28-19-10-6-7-15-24-19/h3-15,20H,2H2,1H3,(H,24,28)/t20-/m0/s1. The largest absolute Gasteiger partial charge is 0.461 e. The maximum Gasteiger partial charge on any atom is 0.357 e. The van der Waals surface area contributed by atoms with Gasteiger partial charge in [0, 0.05) is 6.20 Å². The van der Waals surface area contributed by atoms with E-state index in [0.717, 1.165) is 5.01 Å². The van der Waals surface area contributed by atoms with Gasteiger partial charge >= 0.3 is 5.97 Å². The molecule has 0 saturated carbocycles. The van der Waals surface area contributed by atoms with Crippen LogP contribution in [0.1, 0.15) is 6.92 Å². The number of azo groups is 1. The van der Waals surface area contributed by atoms with E-state index in [9.17, 15) is 18.0 Å². The van der Waals surface area contributed by atoms with Crippen molar-refractivity contribution in [2.24, 2.45) is 15.3 Å². The second-order valence-corrected chi connectivity index (χ2v) is 8.81. The number of sulfonamides is 1. The zero-order valence-corrected chi connectivity index (χ0v) is 19.3. The SMILES string of the molecule is CCOC(=O)C1=NN(c2ccccc2)C(=O)[C@H]1N=Nc1ccc(S(=O)(=O)Nc2ccccn2)cc1. The lowest BCUT2D eigenvalue weighted by molar-refractivity contribution is -0.135. The molecule has 0 radical (unpaired) electrons. The molecule has 1 aliphatic rings. The monoisotopic (exact) mass is 492 g/mol. The van der Waals surface area contributed by atoms with Crippen LogP contribution in [0.3, 0.4) is 0 Å². The molecular formula is C23H20N6O5S. The molecule has 0 spiro atoms. The Hall–Kier alpha value is -4.45. The van der Waals surface area contributed by atoms with Gasteiger partial charge in [0.2, 0.25) is 6.04 Å². The zero-order valence-electron chi connectivity index (χ0n) is 18.5. The summed E-state index contributed by atoms with van der Waals surface area (Å²) in [4.78, 5) is 29.3. The molecule has 4 rings (SSSR count). The Morgan fingerprint density at radius 1 is 1.06 bits per heavy atom. The number of pyridine rings is 1. The van der Waals surface area contributed by atoms with Gasteiger partial charge in [0.1, 0.15) is 5.82 Å². The first kappa shape index (κ1) is 23.7. The van der Waals surface area contributed by atoms with Crippen molar-refractivity contribution in [2.75, 3.05) is 16.3 Å². The molecule has 178 valence electrons. The van der Waals surface area contributed by atoms with Crippen LogP contribution in [0.2, 0.25) is 0 Å². The van der Waals surface area contributed by atoms with Crippen LogP contribution in [-0.4, -0.2) is 43.6 Å². The maximum atomic E-state index is 13.0. The number of aromatic nitrogens is 1. The van der Waals surface area contributed by atoms with E-state index >= 15 is 0 Å². The van der Waals surface area contributed by atoms with E-state index in [1.807, 2.05) is 0 Å². The molecule has 35 heavy (non-hydrogen) atoms. The molecule has 0 bridgehead atoms. The normalized spacial score (nSPS) is 15.8. The second-order valence-electron chi connectivity index (χ2n) is 7.12. The Labute approximate surface area is 201 Å². The molecule has 0 aliphatic carbocycles. The number of amides is 1. The average molecular weight is 493 g/mol. The highest BCUT2D eigenvalue weighted by atomic mass is 32.2. The zero-order chi connectivity index (χ0) is 24.8. The Bertz CT molecular complexity index is 1380. The third-order valence-electron chi connectivity index (χ3n) is 4.73. The number of hydrogen-bond donors (Lipinski definition) is 1. The van der Waals surface area contributed by atoms with Gasteiger partial charge in [-0.3, -0.25) is 9.52 Å². The third-order valence-corrected chi connectivity index (χ3v) is 6.10. The summed E-state index contributed by atoms with van der Waals surface area (Å²) in [5, 5.41) is 13.2. The van der Waals surface area contributed by atoms with Crippen LogP contribution >= 0.6 is 0 Å². The van der Waals surface area contributed by atoms with Crippen LogP contribution in [0.25, 0.3) is 0 Å². The average Bonchev–Trinajstić information content (AvgIpc) is 3.20. The van der Waals surface area contributed by atoms with Crippen LogP contribution < -0.4 is 9.73 Å².